The molecule has 4 nitrogen and oxygen atoms in total. The summed E-state index contributed by atoms with van der Waals surface area (Å²) in [6, 6.07) is 8.91. The predicted octanol–water partition coefficient (Wildman–Crippen LogP) is 3.65. The molecular weight excluding hydrogens is 369 g/mol. The van der Waals surface area contributed by atoms with Crippen LogP contribution in [0.1, 0.15) is 56.1 Å². The van der Waals surface area contributed by atoms with E-state index in [1.165, 1.54) is 49.9 Å². The van der Waals surface area contributed by atoms with Gasteiger partial charge < -0.3 is 11.1 Å². The molecule has 1 saturated carbocycles. The van der Waals surface area contributed by atoms with Crippen molar-refractivity contribution in [2.45, 2.75) is 64.1 Å². The molecule has 2 atom stereocenters. The number of carbonyl (C=O) groups excluding carboxylic acids is 1. The maximum Gasteiger partial charge on any atom is 0.223 e. The third kappa shape index (κ3) is 7.07. The lowest BCUT2D eigenvalue weighted by molar-refractivity contribution is -0.125. The fraction of sp³-hybridized carbons (Fsp3) is 0.650. The van der Waals surface area contributed by atoms with Gasteiger partial charge in [-0.25, -0.2) is 0 Å². The Hall–Kier alpha value is -0.810. The van der Waals surface area contributed by atoms with Crippen LogP contribution in [0.4, 0.5) is 0 Å². The number of nitrogens with two attached hydrogens (primary N) is 1. The van der Waals surface area contributed by atoms with Gasteiger partial charge in [0.25, 0.3) is 0 Å². The van der Waals surface area contributed by atoms with E-state index in [2.05, 4.69) is 34.5 Å². The zero-order chi connectivity index (χ0) is 16.8. The van der Waals surface area contributed by atoms with Crippen LogP contribution in [0, 0.1) is 5.92 Å². The smallest absolute Gasteiger partial charge is 0.223 e. The molecule has 1 amide bonds. The monoisotopic (exact) mass is 401 g/mol. The first-order valence-electron chi connectivity index (χ1n) is 9.54. The van der Waals surface area contributed by atoms with E-state index in [1.807, 2.05) is 0 Å². The molecule has 1 aromatic carbocycles. The van der Waals surface area contributed by atoms with Crippen molar-refractivity contribution in [2.75, 3.05) is 13.1 Å². The largest absolute Gasteiger partial charge is 0.352 e. The SMILES string of the molecule is Cl.Cl.NC1CCC(C(=O)NCc2ccc(CN3CCCCCC3)cc2)C1. The highest BCUT2D eigenvalue weighted by Crippen LogP contribution is 2.24. The van der Waals surface area contributed by atoms with Crippen LogP contribution in [0.25, 0.3) is 0 Å². The normalized spacial score (nSPS) is 23.4. The van der Waals surface area contributed by atoms with Crippen LogP contribution in [0.5, 0.6) is 0 Å². The third-order valence-electron chi connectivity index (χ3n) is 5.44. The first kappa shape index (κ1) is 23.2. The number of amides is 1. The fourth-order valence-electron chi connectivity index (χ4n) is 3.90. The average Bonchev–Trinajstić information content (AvgIpc) is 2.87. The molecule has 0 radical (unpaired) electrons. The van der Waals surface area contributed by atoms with Gasteiger partial charge in [0.05, 0.1) is 0 Å². The second kappa shape index (κ2) is 11.8. The summed E-state index contributed by atoms with van der Waals surface area (Å²) in [4.78, 5) is 14.7. The number of carbonyl (C=O) groups is 1. The number of benzene rings is 1. The second-order valence-electron chi connectivity index (χ2n) is 7.49. The van der Waals surface area contributed by atoms with Crippen molar-refractivity contribution in [3.05, 3.63) is 35.4 Å². The Balaban J connectivity index is 0.00000169. The number of halogens is 2. The summed E-state index contributed by atoms with van der Waals surface area (Å²) in [6.45, 7) is 4.11. The molecule has 6 heteroatoms. The molecule has 1 aliphatic carbocycles. The lowest BCUT2D eigenvalue weighted by Gasteiger charge is -2.19. The highest BCUT2D eigenvalue weighted by atomic mass is 35.5. The van der Waals surface area contributed by atoms with Gasteiger partial charge in [-0.05, 0) is 56.3 Å². The molecule has 0 aromatic heterocycles. The number of hydrogen-bond donors (Lipinski definition) is 2. The van der Waals surface area contributed by atoms with Gasteiger partial charge in [0.1, 0.15) is 0 Å². The molecule has 1 heterocycles. The van der Waals surface area contributed by atoms with Crippen molar-refractivity contribution >= 4 is 30.7 Å². The summed E-state index contributed by atoms with van der Waals surface area (Å²) in [5, 5.41) is 3.07. The van der Waals surface area contributed by atoms with Crippen LogP contribution < -0.4 is 11.1 Å². The van der Waals surface area contributed by atoms with Crippen molar-refractivity contribution in [1.29, 1.82) is 0 Å². The fourth-order valence-corrected chi connectivity index (χ4v) is 3.90. The van der Waals surface area contributed by atoms with Crippen LogP contribution in [0.3, 0.4) is 0 Å². The van der Waals surface area contributed by atoms with E-state index in [0.717, 1.165) is 25.8 Å². The lowest BCUT2D eigenvalue weighted by Crippen LogP contribution is -2.30. The van der Waals surface area contributed by atoms with Gasteiger partial charge in [0.2, 0.25) is 5.91 Å². The molecule has 2 unspecified atom stereocenters. The minimum Gasteiger partial charge on any atom is -0.352 e. The summed E-state index contributed by atoms with van der Waals surface area (Å²) >= 11 is 0. The lowest BCUT2D eigenvalue weighted by atomic mass is 10.1. The Morgan fingerprint density at radius 2 is 1.62 bits per heavy atom. The molecule has 26 heavy (non-hydrogen) atoms. The van der Waals surface area contributed by atoms with E-state index in [9.17, 15) is 4.79 Å². The Labute approximate surface area is 170 Å². The Bertz CT molecular complexity index is 530. The summed E-state index contributed by atoms with van der Waals surface area (Å²) in [6.07, 6.45) is 8.15. The van der Waals surface area contributed by atoms with Gasteiger partial charge in [0, 0.05) is 25.0 Å². The van der Waals surface area contributed by atoms with E-state index < -0.39 is 0 Å². The molecule has 148 valence electrons. The van der Waals surface area contributed by atoms with E-state index in [4.69, 9.17) is 5.73 Å². The van der Waals surface area contributed by atoms with Crippen LogP contribution in [0.2, 0.25) is 0 Å². The van der Waals surface area contributed by atoms with Gasteiger partial charge >= 0.3 is 0 Å². The molecule has 3 N–H and O–H groups in total. The molecule has 3 rings (SSSR count). The highest BCUT2D eigenvalue weighted by Gasteiger charge is 2.27. The number of likely N-dealkylation sites (tertiary alicyclic amines) is 1. The molecule has 1 aromatic rings. The maximum absolute atomic E-state index is 12.2. The molecule has 0 spiro atoms. The molecule has 0 bridgehead atoms. The maximum atomic E-state index is 12.2. The molecule has 2 fully saturated rings. The second-order valence-corrected chi connectivity index (χ2v) is 7.49. The number of nitrogens with zero attached hydrogens (tertiary/aromatic N) is 1. The standard InChI is InChI=1S/C20H31N3O.2ClH/c21-19-10-9-18(13-19)20(24)22-14-16-5-7-17(8-6-16)15-23-11-3-1-2-4-12-23;;/h5-8,18-19H,1-4,9-15,21H2,(H,22,24);2*1H. The minimum atomic E-state index is 0. The number of nitrogens with one attached hydrogen (secondary N) is 1. The molecule has 1 aliphatic heterocycles. The quantitative estimate of drug-likeness (QED) is 0.791. The van der Waals surface area contributed by atoms with Crippen molar-refractivity contribution in [3.63, 3.8) is 0 Å². The highest BCUT2D eigenvalue weighted by molar-refractivity contribution is 5.85. The average molecular weight is 402 g/mol. The first-order chi connectivity index (χ1) is 11.7. The number of rotatable bonds is 5. The third-order valence-corrected chi connectivity index (χ3v) is 5.44. The first-order valence-corrected chi connectivity index (χ1v) is 9.54. The van der Waals surface area contributed by atoms with Gasteiger partial charge in [-0.3, -0.25) is 9.69 Å². The topological polar surface area (TPSA) is 58.4 Å². The minimum absolute atomic E-state index is 0. The van der Waals surface area contributed by atoms with Crippen molar-refractivity contribution in [1.82, 2.24) is 10.2 Å². The van der Waals surface area contributed by atoms with Gasteiger partial charge in [0.15, 0.2) is 0 Å². The molecular formula is C20H33Cl2N3O. The van der Waals surface area contributed by atoms with Crippen molar-refractivity contribution in [2.24, 2.45) is 11.7 Å². The predicted molar refractivity (Wildman–Crippen MR) is 112 cm³/mol. The van der Waals surface area contributed by atoms with Crippen LogP contribution in [-0.2, 0) is 17.9 Å². The van der Waals surface area contributed by atoms with E-state index >= 15 is 0 Å². The van der Waals surface area contributed by atoms with Crippen molar-refractivity contribution in [3.8, 4) is 0 Å². The van der Waals surface area contributed by atoms with Crippen LogP contribution in [-0.4, -0.2) is 29.9 Å². The van der Waals surface area contributed by atoms with E-state index in [-0.39, 0.29) is 42.7 Å². The Kier molecular flexibility index (Phi) is 10.6. The summed E-state index contributed by atoms with van der Waals surface area (Å²) in [7, 11) is 0. The van der Waals surface area contributed by atoms with Gasteiger partial charge in [-0.2, -0.15) is 0 Å². The van der Waals surface area contributed by atoms with Gasteiger partial charge in [-0.15, -0.1) is 24.8 Å². The van der Waals surface area contributed by atoms with E-state index in [1.54, 1.807) is 0 Å². The van der Waals surface area contributed by atoms with E-state index in [0.29, 0.717) is 6.54 Å². The Morgan fingerprint density at radius 3 is 2.19 bits per heavy atom. The summed E-state index contributed by atoms with van der Waals surface area (Å²) in [5.74, 6) is 0.277. The van der Waals surface area contributed by atoms with Crippen LogP contribution >= 0.6 is 24.8 Å². The van der Waals surface area contributed by atoms with Crippen molar-refractivity contribution < 1.29 is 4.79 Å². The summed E-state index contributed by atoms with van der Waals surface area (Å²) < 4.78 is 0. The zero-order valence-corrected chi connectivity index (χ0v) is 17.1. The molecule has 1 saturated heterocycles. The molecule has 2 aliphatic rings. The number of hydrogen-bond acceptors (Lipinski definition) is 3. The van der Waals surface area contributed by atoms with Gasteiger partial charge in [-0.1, -0.05) is 37.1 Å². The zero-order valence-electron chi connectivity index (χ0n) is 15.5. The Morgan fingerprint density at radius 1 is 1.00 bits per heavy atom. The summed E-state index contributed by atoms with van der Waals surface area (Å²) in [5.41, 5.74) is 8.43. The van der Waals surface area contributed by atoms with Crippen LogP contribution in [0.15, 0.2) is 24.3 Å².